The molecule has 142 valence electrons. The highest BCUT2D eigenvalue weighted by Crippen LogP contribution is 2.29. The molecule has 2 heterocycles. The average molecular weight is 391 g/mol. The van der Waals surface area contributed by atoms with Crippen molar-refractivity contribution in [3.05, 3.63) is 70.4 Å². The highest BCUT2D eigenvalue weighted by Gasteiger charge is 2.15. The molecular weight excluding hydrogens is 368 g/mol. The van der Waals surface area contributed by atoms with E-state index in [1.165, 1.54) is 5.56 Å². The number of hydrogen-bond acceptors (Lipinski definition) is 4. The zero-order valence-electron chi connectivity index (χ0n) is 16.2. The fraction of sp³-hybridized carbons (Fsp3) is 0.217. The summed E-state index contributed by atoms with van der Waals surface area (Å²) >= 11 is 1.58. The van der Waals surface area contributed by atoms with Crippen molar-refractivity contribution in [2.45, 2.75) is 32.6 Å². The van der Waals surface area contributed by atoms with Crippen molar-refractivity contribution in [1.29, 1.82) is 0 Å². The van der Waals surface area contributed by atoms with Gasteiger partial charge in [-0.2, -0.15) is 0 Å². The molecule has 2 aromatic carbocycles. The average Bonchev–Trinajstić information content (AvgIpc) is 3.30. The Morgan fingerprint density at radius 1 is 1.11 bits per heavy atom. The van der Waals surface area contributed by atoms with Gasteiger partial charge in [-0.1, -0.05) is 39.0 Å². The molecule has 0 aliphatic carbocycles. The number of oxazole rings is 1. The van der Waals surface area contributed by atoms with Crippen LogP contribution in [0.15, 0.2) is 64.4 Å². The zero-order valence-corrected chi connectivity index (χ0v) is 17.0. The molecule has 4 aromatic rings. The Hall–Kier alpha value is -2.92. The molecule has 0 radical (unpaired) electrons. The monoisotopic (exact) mass is 390 g/mol. The first kappa shape index (κ1) is 18.4. The molecule has 0 aliphatic heterocycles. The van der Waals surface area contributed by atoms with Gasteiger partial charge in [-0.05, 0) is 46.7 Å². The SMILES string of the molecule is CC(C)(C)c1ccc(-c2nc3ccc(NC(=O)Cc4cccs4)cc3o2)cc1. The number of anilines is 1. The lowest BCUT2D eigenvalue weighted by molar-refractivity contribution is -0.115. The van der Waals surface area contributed by atoms with Crippen LogP contribution in [0.3, 0.4) is 0 Å². The number of amides is 1. The molecule has 0 saturated carbocycles. The predicted molar refractivity (Wildman–Crippen MR) is 115 cm³/mol. The van der Waals surface area contributed by atoms with E-state index < -0.39 is 0 Å². The van der Waals surface area contributed by atoms with Crippen LogP contribution in [-0.2, 0) is 16.6 Å². The smallest absolute Gasteiger partial charge is 0.229 e. The fourth-order valence-corrected chi connectivity index (χ4v) is 3.72. The molecule has 4 nitrogen and oxygen atoms in total. The summed E-state index contributed by atoms with van der Waals surface area (Å²) in [7, 11) is 0. The van der Waals surface area contributed by atoms with E-state index in [1.54, 1.807) is 11.3 Å². The number of benzene rings is 2. The summed E-state index contributed by atoms with van der Waals surface area (Å²) in [4.78, 5) is 17.8. The van der Waals surface area contributed by atoms with Crippen LogP contribution < -0.4 is 5.32 Å². The van der Waals surface area contributed by atoms with Crippen molar-refractivity contribution in [1.82, 2.24) is 4.98 Å². The van der Waals surface area contributed by atoms with E-state index in [0.717, 1.165) is 16.0 Å². The second kappa shape index (κ2) is 7.24. The van der Waals surface area contributed by atoms with Crippen LogP contribution in [0, 0.1) is 0 Å². The first-order valence-corrected chi connectivity index (χ1v) is 10.1. The summed E-state index contributed by atoms with van der Waals surface area (Å²) in [6.45, 7) is 6.57. The van der Waals surface area contributed by atoms with Gasteiger partial charge in [-0.15, -0.1) is 11.3 Å². The standard InChI is InChI=1S/C23H22N2O2S/c1-23(2,3)16-8-6-15(7-9-16)22-25-19-11-10-17(13-20(19)27-22)24-21(26)14-18-5-4-12-28-18/h4-13H,14H2,1-3H3,(H,24,26). The Kier molecular flexibility index (Phi) is 4.77. The van der Waals surface area contributed by atoms with Crippen LogP contribution in [0.1, 0.15) is 31.2 Å². The van der Waals surface area contributed by atoms with E-state index in [2.05, 4.69) is 43.2 Å². The number of hydrogen-bond donors (Lipinski definition) is 1. The summed E-state index contributed by atoms with van der Waals surface area (Å²) in [5.74, 6) is 0.539. The maximum absolute atomic E-state index is 12.2. The Balaban J connectivity index is 1.54. The first-order chi connectivity index (χ1) is 13.4. The van der Waals surface area contributed by atoms with Crippen LogP contribution in [0.4, 0.5) is 5.69 Å². The number of thiophene rings is 1. The molecule has 0 saturated heterocycles. The number of fused-ring (bicyclic) bond motifs is 1. The van der Waals surface area contributed by atoms with Gasteiger partial charge >= 0.3 is 0 Å². The van der Waals surface area contributed by atoms with Crippen LogP contribution >= 0.6 is 11.3 Å². The van der Waals surface area contributed by atoms with Crippen LogP contribution in [-0.4, -0.2) is 10.9 Å². The van der Waals surface area contributed by atoms with Crippen molar-refractivity contribution < 1.29 is 9.21 Å². The third kappa shape index (κ3) is 3.99. The van der Waals surface area contributed by atoms with Gasteiger partial charge in [0.05, 0.1) is 6.42 Å². The van der Waals surface area contributed by atoms with Gasteiger partial charge in [-0.3, -0.25) is 4.79 Å². The van der Waals surface area contributed by atoms with E-state index in [1.807, 2.05) is 47.8 Å². The highest BCUT2D eigenvalue weighted by atomic mass is 32.1. The summed E-state index contributed by atoms with van der Waals surface area (Å²) in [6.07, 6.45) is 0.373. The Labute approximate surface area is 168 Å². The maximum atomic E-state index is 12.2. The molecule has 5 heteroatoms. The van der Waals surface area contributed by atoms with Gasteiger partial charge in [0.2, 0.25) is 11.8 Å². The number of nitrogens with one attached hydrogen (secondary N) is 1. The van der Waals surface area contributed by atoms with Crippen molar-refractivity contribution in [3.8, 4) is 11.5 Å². The quantitative estimate of drug-likeness (QED) is 0.462. The number of carbonyl (C=O) groups excluding carboxylic acids is 1. The molecule has 0 fully saturated rings. The molecule has 4 rings (SSSR count). The Bertz CT molecular complexity index is 1100. The van der Waals surface area contributed by atoms with Crippen LogP contribution in [0.2, 0.25) is 0 Å². The van der Waals surface area contributed by atoms with Crippen molar-refractivity contribution >= 4 is 34.0 Å². The summed E-state index contributed by atoms with van der Waals surface area (Å²) in [5.41, 5.74) is 4.45. The second-order valence-corrected chi connectivity index (χ2v) is 8.87. The van der Waals surface area contributed by atoms with Gasteiger partial charge in [-0.25, -0.2) is 4.98 Å². The third-order valence-corrected chi connectivity index (χ3v) is 5.46. The first-order valence-electron chi connectivity index (χ1n) is 9.22. The Morgan fingerprint density at radius 3 is 2.57 bits per heavy atom. The van der Waals surface area contributed by atoms with Crippen molar-refractivity contribution in [2.75, 3.05) is 5.32 Å². The van der Waals surface area contributed by atoms with Crippen molar-refractivity contribution in [3.63, 3.8) is 0 Å². The fourth-order valence-electron chi connectivity index (χ4n) is 3.02. The zero-order chi connectivity index (χ0) is 19.7. The summed E-state index contributed by atoms with van der Waals surface area (Å²) in [6, 6.07) is 17.7. The van der Waals surface area contributed by atoms with E-state index in [0.29, 0.717) is 23.6 Å². The number of aromatic nitrogens is 1. The van der Waals surface area contributed by atoms with E-state index in [-0.39, 0.29) is 11.3 Å². The predicted octanol–water partition coefficient (Wildman–Crippen LogP) is 6.04. The van der Waals surface area contributed by atoms with Gasteiger partial charge in [0.25, 0.3) is 0 Å². The minimum absolute atomic E-state index is 0.0423. The minimum atomic E-state index is -0.0423. The van der Waals surface area contributed by atoms with Crippen molar-refractivity contribution in [2.24, 2.45) is 0 Å². The summed E-state index contributed by atoms with van der Waals surface area (Å²) < 4.78 is 5.95. The number of carbonyl (C=O) groups is 1. The molecular formula is C23H22N2O2S. The third-order valence-electron chi connectivity index (χ3n) is 4.58. The lowest BCUT2D eigenvalue weighted by Crippen LogP contribution is -2.13. The number of rotatable bonds is 4. The van der Waals surface area contributed by atoms with Crippen LogP contribution in [0.5, 0.6) is 0 Å². The Morgan fingerprint density at radius 2 is 1.89 bits per heavy atom. The highest BCUT2D eigenvalue weighted by molar-refractivity contribution is 7.10. The molecule has 28 heavy (non-hydrogen) atoms. The molecule has 1 amide bonds. The topological polar surface area (TPSA) is 55.1 Å². The molecule has 0 unspecified atom stereocenters. The largest absolute Gasteiger partial charge is 0.436 e. The molecule has 1 N–H and O–H groups in total. The molecule has 0 spiro atoms. The maximum Gasteiger partial charge on any atom is 0.229 e. The molecule has 2 aromatic heterocycles. The van der Waals surface area contributed by atoms with E-state index in [4.69, 9.17) is 4.42 Å². The number of nitrogens with zero attached hydrogens (tertiary/aromatic N) is 1. The van der Waals surface area contributed by atoms with Gasteiger partial charge < -0.3 is 9.73 Å². The van der Waals surface area contributed by atoms with Gasteiger partial charge in [0.1, 0.15) is 5.52 Å². The van der Waals surface area contributed by atoms with E-state index in [9.17, 15) is 4.79 Å². The lowest BCUT2D eigenvalue weighted by atomic mass is 9.87. The molecule has 0 atom stereocenters. The minimum Gasteiger partial charge on any atom is -0.436 e. The normalized spacial score (nSPS) is 11.7. The second-order valence-electron chi connectivity index (χ2n) is 7.83. The summed E-state index contributed by atoms with van der Waals surface area (Å²) in [5, 5.41) is 4.90. The van der Waals surface area contributed by atoms with E-state index >= 15 is 0 Å². The molecule has 0 aliphatic rings. The lowest BCUT2D eigenvalue weighted by Gasteiger charge is -2.18. The van der Waals surface area contributed by atoms with Crippen LogP contribution in [0.25, 0.3) is 22.6 Å². The molecule has 0 bridgehead atoms. The van der Waals surface area contributed by atoms with Gasteiger partial charge in [0, 0.05) is 22.2 Å². The van der Waals surface area contributed by atoms with Gasteiger partial charge in [0.15, 0.2) is 5.58 Å².